The van der Waals surface area contributed by atoms with E-state index in [2.05, 4.69) is 11.1 Å². The Labute approximate surface area is 122 Å². The molecule has 0 unspecified atom stereocenters. The third-order valence-electron chi connectivity index (χ3n) is 2.69. The molecule has 0 aliphatic heterocycles. The second-order valence-corrected chi connectivity index (χ2v) is 5.16. The summed E-state index contributed by atoms with van der Waals surface area (Å²) in [6.07, 6.45) is 5.62. The van der Waals surface area contributed by atoms with E-state index in [1.54, 1.807) is 6.20 Å². The van der Waals surface area contributed by atoms with Crippen molar-refractivity contribution in [2.24, 2.45) is 0 Å². The van der Waals surface area contributed by atoms with Gasteiger partial charge in [-0.1, -0.05) is 42.5 Å². The van der Waals surface area contributed by atoms with E-state index in [9.17, 15) is 4.79 Å². The number of carbonyl (C=O) groups is 1. The van der Waals surface area contributed by atoms with Crippen LogP contribution in [0.25, 0.3) is 5.57 Å². The Hall–Kier alpha value is -2.07. The first kappa shape index (κ1) is 14.3. The van der Waals surface area contributed by atoms with Crippen LogP contribution in [-0.4, -0.2) is 27.6 Å². The maximum atomic E-state index is 10.5. The van der Waals surface area contributed by atoms with Gasteiger partial charge in [0.1, 0.15) is 0 Å². The molecule has 20 heavy (non-hydrogen) atoms. The molecule has 0 saturated carbocycles. The van der Waals surface area contributed by atoms with E-state index in [1.165, 1.54) is 11.8 Å². The Morgan fingerprint density at radius 3 is 2.55 bits per heavy atom. The summed E-state index contributed by atoms with van der Waals surface area (Å²) in [5, 5.41) is 8.66. The Morgan fingerprint density at radius 1 is 1.15 bits per heavy atom. The molecule has 4 heteroatoms. The number of aliphatic carboxylic acids is 1. The first-order valence-electron chi connectivity index (χ1n) is 6.23. The molecular formula is C16H15NO2S. The zero-order chi connectivity index (χ0) is 14.2. The van der Waals surface area contributed by atoms with Crippen molar-refractivity contribution in [1.29, 1.82) is 0 Å². The molecule has 0 spiro atoms. The van der Waals surface area contributed by atoms with Gasteiger partial charge in [-0.25, -0.2) is 0 Å². The quantitative estimate of drug-likeness (QED) is 0.827. The van der Waals surface area contributed by atoms with Gasteiger partial charge in [0, 0.05) is 23.7 Å². The monoisotopic (exact) mass is 285 g/mol. The van der Waals surface area contributed by atoms with Crippen molar-refractivity contribution >= 4 is 23.3 Å². The Kier molecular flexibility index (Phi) is 5.38. The predicted octanol–water partition coefficient (Wildman–Crippen LogP) is 3.33. The first-order chi connectivity index (χ1) is 9.77. The van der Waals surface area contributed by atoms with Gasteiger partial charge in [0.2, 0.25) is 0 Å². The number of benzene rings is 1. The molecule has 0 radical (unpaired) electrons. The predicted molar refractivity (Wildman–Crippen MR) is 82.7 cm³/mol. The summed E-state index contributed by atoms with van der Waals surface area (Å²) < 4.78 is 0. The van der Waals surface area contributed by atoms with Crippen LogP contribution in [0.1, 0.15) is 11.1 Å². The van der Waals surface area contributed by atoms with E-state index in [-0.39, 0.29) is 5.75 Å². The van der Waals surface area contributed by atoms with E-state index < -0.39 is 5.97 Å². The Morgan fingerprint density at radius 2 is 1.90 bits per heavy atom. The van der Waals surface area contributed by atoms with Gasteiger partial charge in [0.05, 0.1) is 5.75 Å². The van der Waals surface area contributed by atoms with E-state index in [4.69, 9.17) is 5.11 Å². The molecular weight excluding hydrogens is 270 g/mol. The number of carboxylic acids is 1. The number of hydrogen-bond acceptors (Lipinski definition) is 3. The van der Waals surface area contributed by atoms with Crippen LogP contribution >= 0.6 is 11.8 Å². The van der Waals surface area contributed by atoms with Gasteiger partial charge < -0.3 is 5.11 Å². The van der Waals surface area contributed by atoms with Crippen LogP contribution in [0.3, 0.4) is 0 Å². The molecule has 2 aromatic rings. The van der Waals surface area contributed by atoms with E-state index in [0.717, 1.165) is 16.7 Å². The lowest BCUT2D eigenvalue weighted by Gasteiger charge is -2.08. The summed E-state index contributed by atoms with van der Waals surface area (Å²) in [7, 11) is 0. The van der Waals surface area contributed by atoms with Gasteiger partial charge in [-0.3, -0.25) is 9.78 Å². The fourth-order valence-corrected chi connectivity index (χ4v) is 2.41. The van der Waals surface area contributed by atoms with Crippen molar-refractivity contribution in [3.63, 3.8) is 0 Å². The number of carboxylic acid groups (broad SMARTS) is 1. The maximum Gasteiger partial charge on any atom is 0.313 e. The lowest BCUT2D eigenvalue weighted by atomic mass is 9.99. The van der Waals surface area contributed by atoms with Gasteiger partial charge in [0.25, 0.3) is 0 Å². The minimum absolute atomic E-state index is 0.117. The highest BCUT2D eigenvalue weighted by Gasteiger charge is 2.04. The highest BCUT2D eigenvalue weighted by atomic mass is 32.2. The molecule has 0 atom stereocenters. The standard InChI is InChI=1S/C16H15NO2S/c18-16(19)12-20-10-8-15(13-5-2-1-3-6-13)14-7-4-9-17-11-14/h1-9,11H,10,12H2,(H,18,19). The van der Waals surface area contributed by atoms with Crippen LogP contribution < -0.4 is 0 Å². The average Bonchev–Trinajstić information content (AvgIpc) is 2.49. The lowest BCUT2D eigenvalue weighted by Crippen LogP contribution is -1.98. The molecule has 0 aliphatic carbocycles. The van der Waals surface area contributed by atoms with Crippen molar-refractivity contribution in [3.8, 4) is 0 Å². The molecule has 1 aromatic carbocycles. The molecule has 102 valence electrons. The van der Waals surface area contributed by atoms with E-state index in [0.29, 0.717) is 5.75 Å². The third kappa shape index (κ3) is 4.24. The molecule has 3 nitrogen and oxygen atoms in total. The minimum atomic E-state index is -0.786. The number of aromatic nitrogens is 1. The van der Waals surface area contributed by atoms with Gasteiger partial charge in [-0.05, 0) is 17.2 Å². The van der Waals surface area contributed by atoms with Crippen LogP contribution in [0, 0.1) is 0 Å². The van der Waals surface area contributed by atoms with Crippen LogP contribution in [0.5, 0.6) is 0 Å². The molecule has 0 fully saturated rings. The average molecular weight is 285 g/mol. The molecule has 0 amide bonds. The largest absolute Gasteiger partial charge is 0.481 e. The summed E-state index contributed by atoms with van der Waals surface area (Å²) in [5.41, 5.74) is 3.22. The highest BCUT2D eigenvalue weighted by Crippen LogP contribution is 2.23. The fourth-order valence-electron chi connectivity index (χ4n) is 1.83. The smallest absolute Gasteiger partial charge is 0.313 e. The molecule has 1 N–H and O–H groups in total. The second kappa shape index (κ2) is 7.50. The molecule has 1 aromatic heterocycles. The normalized spacial score (nSPS) is 11.3. The molecule has 1 heterocycles. The number of rotatable bonds is 6. The minimum Gasteiger partial charge on any atom is -0.481 e. The maximum absolute atomic E-state index is 10.5. The van der Waals surface area contributed by atoms with Crippen molar-refractivity contribution in [1.82, 2.24) is 4.98 Å². The van der Waals surface area contributed by atoms with E-state index in [1.807, 2.05) is 48.7 Å². The van der Waals surface area contributed by atoms with Gasteiger partial charge in [-0.15, -0.1) is 11.8 Å². The summed E-state index contributed by atoms with van der Waals surface area (Å²) in [4.78, 5) is 14.7. The van der Waals surface area contributed by atoms with Gasteiger partial charge in [0.15, 0.2) is 0 Å². The Balaban J connectivity index is 2.21. The summed E-state index contributed by atoms with van der Waals surface area (Å²) in [5.74, 6) is -0.0112. The van der Waals surface area contributed by atoms with E-state index >= 15 is 0 Å². The third-order valence-corrected chi connectivity index (χ3v) is 3.54. The van der Waals surface area contributed by atoms with Crippen molar-refractivity contribution in [2.45, 2.75) is 0 Å². The molecule has 0 saturated heterocycles. The van der Waals surface area contributed by atoms with Crippen molar-refractivity contribution in [3.05, 3.63) is 72.1 Å². The molecule has 0 aliphatic rings. The zero-order valence-corrected chi connectivity index (χ0v) is 11.7. The van der Waals surface area contributed by atoms with Crippen LogP contribution in [0.4, 0.5) is 0 Å². The number of hydrogen-bond donors (Lipinski definition) is 1. The summed E-state index contributed by atoms with van der Waals surface area (Å²) >= 11 is 1.38. The van der Waals surface area contributed by atoms with Crippen molar-refractivity contribution in [2.75, 3.05) is 11.5 Å². The highest BCUT2D eigenvalue weighted by molar-refractivity contribution is 8.00. The summed E-state index contributed by atoms with van der Waals surface area (Å²) in [6.45, 7) is 0. The SMILES string of the molecule is O=C(O)CSCC=C(c1ccccc1)c1cccnc1. The van der Waals surface area contributed by atoms with Crippen molar-refractivity contribution < 1.29 is 9.90 Å². The van der Waals surface area contributed by atoms with Crippen LogP contribution in [-0.2, 0) is 4.79 Å². The first-order valence-corrected chi connectivity index (χ1v) is 7.38. The number of thioether (sulfide) groups is 1. The van der Waals surface area contributed by atoms with Crippen LogP contribution in [0.15, 0.2) is 60.9 Å². The molecule has 0 bridgehead atoms. The van der Waals surface area contributed by atoms with Crippen LogP contribution in [0.2, 0.25) is 0 Å². The summed E-state index contributed by atoms with van der Waals surface area (Å²) in [6, 6.07) is 13.9. The topological polar surface area (TPSA) is 50.2 Å². The number of pyridine rings is 1. The number of nitrogens with zero attached hydrogens (tertiary/aromatic N) is 1. The lowest BCUT2D eigenvalue weighted by molar-refractivity contribution is -0.133. The zero-order valence-electron chi connectivity index (χ0n) is 10.9. The molecule has 2 rings (SSSR count). The Bertz CT molecular complexity index is 540. The van der Waals surface area contributed by atoms with Gasteiger partial charge in [-0.2, -0.15) is 0 Å². The second-order valence-electron chi connectivity index (χ2n) is 4.13. The fraction of sp³-hybridized carbons (Fsp3) is 0.125. The van der Waals surface area contributed by atoms with Gasteiger partial charge >= 0.3 is 5.97 Å².